The van der Waals surface area contributed by atoms with E-state index in [1.54, 1.807) is 24.3 Å². The van der Waals surface area contributed by atoms with Crippen LogP contribution in [-0.2, 0) is 0 Å². The molecule has 0 amide bonds. The van der Waals surface area contributed by atoms with Gasteiger partial charge in [-0.3, -0.25) is 10.1 Å². The second kappa shape index (κ2) is 5.49. The summed E-state index contributed by atoms with van der Waals surface area (Å²) >= 11 is 0. The van der Waals surface area contributed by atoms with E-state index in [0.717, 1.165) is 5.56 Å². The summed E-state index contributed by atoms with van der Waals surface area (Å²) < 4.78 is 0. The molecule has 0 unspecified atom stereocenters. The van der Waals surface area contributed by atoms with Crippen molar-refractivity contribution in [3.8, 4) is 11.3 Å². The van der Waals surface area contributed by atoms with Crippen LogP contribution in [0.3, 0.4) is 0 Å². The Balaban J connectivity index is 2.26. The first kappa shape index (κ1) is 14.6. The number of aromatic carboxylic acids is 1. The quantitative estimate of drug-likeness (QED) is 0.586. The number of nitro groups is 1. The predicted molar refractivity (Wildman–Crippen MR) is 85.5 cm³/mol. The van der Waals surface area contributed by atoms with Gasteiger partial charge in [0, 0.05) is 23.1 Å². The fourth-order valence-electron chi connectivity index (χ4n) is 2.44. The molecular formula is C17H12N2O4. The molecule has 0 aliphatic rings. The summed E-state index contributed by atoms with van der Waals surface area (Å²) in [7, 11) is 0. The molecule has 0 atom stereocenters. The van der Waals surface area contributed by atoms with Gasteiger partial charge in [0.1, 0.15) is 0 Å². The second-order valence-electron chi connectivity index (χ2n) is 5.19. The van der Waals surface area contributed by atoms with Crippen LogP contribution in [0.5, 0.6) is 0 Å². The molecule has 3 rings (SSSR count). The van der Waals surface area contributed by atoms with Gasteiger partial charge >= 0.3 is 5.97 Å². The van der Waals surface area contributed by atoms with Gasteiger partial charge in [0.15, 0.2) is 0 Å². The van der Waals surface area contributed by atoms with E-state index in [-0.39, 0.29) is 11.3 Å². The molecule has 6 nitrogen and oxygen atoms in total. The molecule has 1 aromatic heterocycles. The highest BCUT2D eigenvalue weighted by atomic mass is 16.6. The molecule has 0 radical (unpaired) electrons. The number of rotatable bonds is 3. The molecule has 0 bridgehead atoms. The van der Waals surface area contributed by atoms with Gasteiger partial charge in [-0.25, -0.2) is 9.78 Å². The Morgan fingerprint density at radius 3 is 2.65 bits per heavy atom. The Kier molecular flexibility index (Phi) is 3.50. The van der Waals surface area contributed by atoms with Gasteiger partial charge < -0.3 is 5.11 Å². The summed E-state index contributed by atoms with van der Waals surface area (Å²) in [6.45, 7) is 1.87. The first-order valence-corrected chi connectivity index (χ1v) is 6.85. The van der Waals surface area contributed by atoms with Gasteiger partial charge in [0.25, 0.3) is 5.69 Å². The minimum absolute atomic E-state index is 0.0646. The molecule has 6 heteroatoms. The van der Waals surface area contributed by atoms with Crippen LogP contribution in [0.2, 0.25) is 0 Å². The van der Waals surface area contributed by atoms with E-state index >= 15 is 0 Å². The highest BCUT2D eigenvalue weighted by Crippen LogP contribution is 2.27. The molecule has 1 heterocycles. The number of benzene rings is 2. The number of carbonyl (C=O) groups is 1. The zero-order valence-corrected chi connectivity index (χ0v) is 12.2. The van der Waals surface area contributed by atoms with Gasteiger partial charge in [0.05, 0.1) is 21.7 Å². The average Bonchev–Trinajstić information content (AvgIpc) is 2.53. The van der Waals surface area contributed by atoms with Crippen molar-refractivity contribution in [2.45, 2.75) is 6.92 Å². The Morgan fingerprint density at radius 1 is 1.17 bits per heavy atom. The molecule has 1 N–H and O–H groups in total. The van der Waals surface area contributed by atoms with Crippen molar-refractivity contribution < 1.29 is 14.8 Å². The van der Waals surface area contributed by atoms with E-state index < -0.39 is 10.9 Å². The lowest BCUT2D eigenvalue weighted by Crippen LogP contribution is -2.00. The number of hydrogen-bond acceptors (Lipinski definition) is 4. The van der Waals surface area contributed by atoms with Crippen LogP contribution in [0.15, 0.2) is 48.5 Å². The Hall–Kier alpha value is -3.28. The van der Waals surface area contributed by atoms with E-state index in [1.165, 1.54) is 18.2 Å². The first-order chi connectivity index (χ1) is 11.0. The maximum atomic E-state index is 11.5. The number of nitro benzene ring substituents is 1. The molecule has 23 heavy (non-hydrogen) atoms. The summed E-state index contributed by atoms with van der Waals surface area (Å²) in [5.74, 6) is -1.06. The second-order valence-corrected chi connectivity index (χ2v) is 5.19. The van der Waals surface area contributed by atoms with Crippen LogP contribution >= 0.6 is 0 Å². The number of fused-ring (bicyclic) bond motifs is 1. The van der Waals surface area contributed by atoms with Crippen molar-refractivity contribution in [2.75, 3.05) is 0 Å². The molecule has 114 valence electrons. The van der Waals surface area contributed by atoms with Gasteiger partial charge in [-0.2, -0.15) is 0 Å². The summed E-state index contributed by atoms with van der Waals surface area (Å²) in [6.07, 6.45) is 0. The number of non-ortho nitro benzene ring substituents is 1. The zero-order valence-electron chi connectivity index (χ0n) is 12.2. The highest BCUT2D eigenvalue weighted by Gasteiger charge is 2.14. The van der Waals surface area contributed by atoms with Crippen LogP contribution < -0.4 is 0 Å². The summed E-state index contributed by atoms with van der Waals surface area (Å²) in [5.41, 5.74) is 2.43. The van der Waals surface area contributed by atoms with Gasteiger partial charge in [0.2, 0.25) is 0 Å². The Labute approximate surface area is 131 Å². The maximum Gasteiger partial charge on any atom is 0.336 e. The van der Waals surface area contributed by atoms with Crippen molar-refractivity contribution in [1.82, 2.24) is 4.98 Å². The SMILES string of the molecule is Cc1ccc2nc(-c3cccc([N+](=O)[O-])c3)cc(C(=O)O)c2c1. The summed E-state index contributed by atoms with van der Waals surface area (Å²) in [6, 6.07) is 12.8. The van der Waals surface area contributed by atoms with E-state index in [2.05, 4.69) is 4.98 Å². The fourth-order valence-corrected chi connectivity index (χ4v) is 2.44. The number of carboxylic acids is 1. The normalized spacial score (nSPS) is 10.7. The third-order valence-corrected chi connectivity index (χ3v) is 3.55. The Morgan fingerprint density at radius 2 is 1.96 bits per heavy atom. The maximum absolute atomic E-state index is 11.5. The number of nitrogens with zero attached hydrogens (tertiary/aromatic N) is 2. The van der Waals surface area contributed by atoms with Crippen molar-refractivity contribution in [3.05, 3.63) is 69.8 Å². The summed E-state index contributed by atoms with van der Waals surface area (Å²) in [4.78, 5) is 26.4. The Bertz CT molecular complexity index is 950. The standard InChI is InChI=1S/C17H12N2O4/c1-10-5-6-15-13(7-10)14(17(20)21)9-16(18-15)11-3-2-4-12(8-11)19(22)23/h2-9H,1H3,(H,20,21). The van der Waals surface area contributed by atoms with Crippen LogP contribution in [0.25, 0.3) is 22.2 Å². The monoisotopic (exact) mass is 308 g/mol. The zero-order chi connectivity index (χ0) is 16.6. The predicted octanol–water partition coefficient (Wildman–Crippen LogP) is 3.82. The average molecular weight is 308 g/mol. The number of aryl methyl sites for hydroxylation is 1. The van der Waals surface area contributed by atoms with Crippen LogP contribution in [0.4, 0.5) is 5.69 Å². The third-order valence-electron chi connectivity index (χ3n) is 3.55. The van der Waals surface area contributed by atoms with E-state index in [9.17, 15) is 20.0 Å². The molecule has 0 aliphatic heterocycles. The molecule has 0 spiro atoms. The number of pyridine rings is 1. The lowest BCUT2D eigenvalue weighted by molar-refractivity contribution is -0.384. The topological polar surface area (TPSA) is 93.3 Å². The van der Waals surface area contributed by atoms with Crippen LogP contribution in [0.1, 0.15) is 15.9 Å². The first-order valence-electron chi connectivity index (χ1n) is 6.85. The number of hydrogen-bond donors (Lipinski definition) is 1. The van der Waals surface area contributed by atoms with E-state index in [0.29, 0.717) is 22.2 Å². The summed E-state index contributed by atoms with van der Waals surface area (Å²) in [5, 5.41) is 20.9. The minimum Gasteiger partial charge on any atom is -0.478 e. The fraction of sp³-hybridized carbons (Fsp3) is 0.0588. The van der Waals surface area contributed by atoms with E-state index in [1.807, 2.05) is 13.0 Å². The molecule has 0 fully saturated rings. The largest absolute Gasteiger partial charge is 0.478 e. The lowest BCUT2D eigenvalue weighted by atomic mass is 10.0. The van der Waals surface area contributed by atoms with Gasteiger partial charge in [-0.1, -0.05) is 23.8 Å². The van der Waals surface area contributed by atoms with Crippen molar-refractivity contribution in [1.29, 1.82) is 0 Å². The van der Waals surface area contributed by atoms with Crippen molar-refractivity contribution in [3.63, 3.8) is 0 Å². The van der Waals surface area contributed by atoms with Crippen molar-refractivity contribution >= 4 is 22.6 Å². The van der Waals surface area contributed by atoms with Crippen LogP contribution in [-0.4, -0.2) is 21.0 Å². The minimum atomic E-state index is -1.06. The molecule has 3 aromatic rings. The molecular weight excluding hydrogens is 296 g/mol. The smallest absolute Gasteiger partial charge is 0.336 e. The number of carboxylic acid groups (broad SMARTS) is 1. The van der Waals surface area contributed by atoms with Gasteiger partial charge in [-0.15, -0.1) is 0 Å². The lowest BCUT2D eigenvalue weighted by Gasteiger charge is -2.08. The van der Waals surface area contributed by atoms with Crippen LogP contribution in [0, 0.1) is 17.0 Å². The highest BCUT2D eigenvalue weighted by molar-refractivity contribution is 6.04. The molecule has 0 saturated heterocycles. The van der Waals surface area contributed by atoms with Gasteiger partial charge in [-0.05, 0) is 25.1 Å². The molecule has 2 aromatic carbocycles. The number of aromatic nitrogens is 1. The molecule has 0 aliphatic carbocycles. The van der Waals surface area contributed by atoms with Crippen molar-refractivity contribution in [2.24, 2.45) is 0 Å². The van der Waals surface area contributed by atoms with E-state index in [4.69, 9.17) is 0 Å². The molecule has 0 saturated carbocycles. The third kappa shape index (κ3) is 2.74.